The fraction of sp³-hybridized carbons (Fsp3) is 0.500. The summed E-state index contributed by atoms with van der Waals surface area (Å²) in [5.41, 5.74) is 2.91. The highest BCUT2D eigenvalue weighted by atomic mass is 32.2. The van der Waals surface area contributed by atoms with E-state index < -0.39 is 10.0 Å². The number of carbonyl (C=O) groups excluding carboxylic acids is 1. The van der Waals surface area contributed by atoms with Crippen molar-refractivity contribution in [2.24, 2.45) is 0 Å². The van der Waals surface area contributed by atoms with E-state index in [2.05, 4.69) is 40.2 Å². The van der Waals surface area contributed by atoms with Crippen molar-refractivity contribution in [3.05, 3.63) is 53.6 Å². The number of rotatable bonds is 8. The molecule has 1 N–H and O–H groups in total. The lowest BCUT2D eigenvalue weighted by atomic mass is 10.1. The molecule has 38 heavy (non-hydrogen) atoms. The first-order valence-electron chi connectivity index (χ1n) is 13.7. The number of nitrogens with one attached hydrogen (secondary N) is 1. The molecule has 0 bridgehead atoms. The van der Waals surface area contributed by atoms with E-state index in [-0.39, 0.29) is 10.8 Å². The number of anilines is 1. The van der Waals surface area contributed by atoms with E-state index in [4.69, 9.17) is 4.98 Å². The van der Waals surface area contributed by atoms with Gasteiger partial charge in [-0.2, -0.15) is 4.31 Å². The number of aryl methyl sites for hydroxylation is 1. The van der Waals surface area contributed by atoms with Crippen LogP contribution in [0, 0.1) is 0 Å². The number of aromatic nitrogens is 1. The van der Waals surface area contributed by atoms with E-state index in [0.717, 1.165) is 75.5 Å². The van der Waals surface area contributed by atoms with Crippen LogP contribution in [0.3, 0.4) is 0 Å². The van der Waals surface area contributed by atoms with Crippen molar-refractivity contribution >= 4 is 42.6 Å². The highest BCUT2D eigenvalue weighted by Gasteiger charge is 2.25. The lowest BCUT2D eigenvalue weighted by Crippen LogP contribution is -2.48. The molecule has 5 rings (SSSR count). The smallest absolute Gasteiger partial charge is 0.251 e. The maximum Gasteiger partial charge on any atom is 0.251 e. The molecule has 0 radical (unpaired) electrons. The molecule has 204 valence electrons. The Labute approximate surface area is 229 Å². The molecule has 2 aromatic carbocycles. The number of sulfonamides is 1. The first-order chi connectivity index (χ1) is 18.5. The molecule has 3 heterocycles. The van der Waals surface area contributed by atoms with Gasteiger partial charge in [0.05, 0.1) is 15.1 Å². The second-order valence-electron chi connectivity index (χ2n) is 10.0. The monoisotopic (exact) mass is 555 g/mol. The van der Waals surface area contributed by atoms with Gasteiger partial charge in [0.2, 0.25) is 10.0 Å². The highest BCUT2D eigenvalue weighted by molar-refractivity contribution is 7.89. The number of amides is 1. The first-order valence-corrected chi connectivity index (χ1v) is 16.0. The van der Waals surface area contributed by atoms with Crippen molar-refractivity contribution in [3.63, 3.8) is 0 Å². The molecule has 0 aliphatic carbocycles. The molecule has 0 spiro atoms. The third kappa shape index (κ3) is 6.03. The van der Waals surface area contributed by atoms with E-state index in [1.165, 1.54) is 10.3 Å². The summed E-state index contributed by atoms with van der Waals surface area (Å²) in [6, 6.07) is 12.8. The summed E-state index contributed by atoms with van der Waals surface area (Å²) in [4.78, 5) is 22.6. The predicted octanol–water partition coefficient (Wildman–Crippen LogP) is 3.98. The van der Waals surface area contributed by atoms with Crippen LogP contribution in [0.25, 0.3) is 10.2 Å². The number of piperazine rings is 1. The number of para-hydroxylation sites is 1. The van der Waals surface area contributed by atoms with Crippen LogP contribution in [0.1, 0.15) is 48.5 Å². The summed E-state index contributed by atoms with van der Waals surface area (Å²) < 4.78 is 28.8. The summed E-state index contributed by atoms with van der Waals surface area (Å²) in [6.07, 6.45) is 4.93. The third-order valence-corrected chi connectivity index (χ3v) is 10.5. The number of benzene rings is 2. The van der Waals surface area contributed by atoms with Crippen molar-refractivity contribution in [1.82, 2.24) is 19.5 Å². The van der Waals surface area contributed by atoms with Gasteiger partial charge in [0.15, 0.2) is 5.13 Å². The Kier molecular flexibility index (Phi) is 8.62. The van der Waals surface area contributed by atoms with Crippen LogP contribution < -0.4 is 10.2 Å². The molecule has 10 heteroatoms. The first kappa shape index (κ1) is 27.1. The molecule has 1 amide bonds. The number of fused-ring (bicyclic) bond motifs is 1. The fourth-order valence-corrected chi connectivity index (χ4v) is 7.80. The maximum atomic E-state index is 13.0. The van der Waals surface area contributed by atoms with E-state index in [0.29, 0.717) is 25.2 Å². The lowest BCUT2D eigenvalue weighted by Gasteiger charge is -2.34. The van der Waals surface area contributed by atoms with Crippen LogP contribution in [-0.4, -0.2) is 80.9 Å². The Balaban J connectivity index is 1.08. The number of nitrogens with zero attached hydrogens (tertiary/aromatic N) is 4. The van der Waals surface area contributed by atoms with Gasteiger partial charge in [-0.15, -0.1) is 0 Å². The molecule has 1 aromatic heterocycles. The standard InChI is InChI=1S/C28H37N5O3S2/c1-2-22-8-7-9-25-26(22)30-28(37-25)32-20-18-31(19-21-32)17-14-29-27(34)23-10-12-24(13-11-23)38(35,36)33-15-5-3-4-6-16-33/h7-13H,2-6,14-21H2,1H3,(H,29,34). The molecule has 0 unspecified atom stereocenters. The van der Waals surface area contributed by atoms with Crippen LogP contribution in [-0.2, 0) is 16.4 Å². The summed E-state index contributed by atoms with van der Waals surface area (Å²) in [6.45, 7) is 8.32. The maximum absolute atomic E-state index is 13.0. The lowest BCUT2D eigenvalue weighted by molar-refractivity contribution is 0.0947. The molecule has 0 saturated carbocycles. The third-order valence-electron chi connectivity index (χ3n) is 7.55. The minimum atomic E-state index is -3.51. The Morgan fingerprint density at radius 1 is 0.947 bits per heavy atom. The topological polar surface area (TPSA) is 85.8 Å². The van der Waals surface area contributed by atoms with Crippen LogP contribution >= 0.6 is 11.3 Å². The summed E-state index contributed by atoms with van der Waals surface area (Å²) in [7, 11) is -3.51. The number of carbonyl (C=O) groups is 1. The van der Waals surface area contributed by atoms with E-state index in [9.17, 15) is 13.2 Å². The average molecular weight is 556 g/mol. The molecule has 2 aliphatic heterocycles. The van der Waals surface area contributed by atoms with Crippen molar-refractivity contribution in [1.29, 1.82) is 0 Å². The van der Waals surface area contributed by atoms with Gasteiger partial charge in [-0.3, -0.25) is 9.69 Å². The molecular formula is C28H37N5O3S2. The van der Waals surface area contributed by atoms with Crippen LogP contribution in [0.4, 0.5) is 5.13 Å². The number of hydrogen-bond acceptors (Lipinski definition) is 7. The average Bonchev–Trinajstić information content (AvgIpc) is 3.19. The molecule has 0 atom stereocenters. The van der Waals surface area contributed by atoms with Gasteiger partial charge < -0.3 is 10.2 Å². The van der Waals surface area contributed by atoms with Gasteiger partial charge in [0.25, 0.3) is 5.91 Å². The van der Waals surface area contributed by atoms with Crippen molar-refractivity contribution in [2.45, 2.75) is 43.9 Å². The summed E-state index contributed by atoms with van der Waals surface area (Å²) in [5, 5.41) is 4.08. The van der Waals surface area contributed by atoms with Crippen molar-refractivity contribution in [2.75, 3.05) is 57.3 Å². The Morgan fingerprint density at radius 2 is 1.66 bits per heavy atom. The van der Waals surface area contributed by atoms with Gasteiger partial charge >= 0.3 is 0 Å². The molecule has 2 fully saturated rings. The Hall–Kier alpha value is -2.53. The zero-order valence-electron chi connectivity index (χ0n) is 22.1. The largest absolute Gasteiger partial charge is 0.351 e. The predicted molar refractivity (Wildman–Crippen MR) is 154 cm³/mol. The number of thiazole rings is 1. The minimum Gasteiger partial charge on any atom is -0.351 e. The van der Waals surface area contributed by atoms with Gasteiger partial charge in [-0.1, -0.05) is 43.2 Å². The fourth-order valence-electron chi connectivity index (χ4n) is 5.22. The normalized spacial score (nSPS) is 18.0. The van der Waals surface area contributed by atoms with Crippen LogP contribution in [0.2, 0.25) is 0 Å². The van der Waals surface area contributed by atoms with Gasteiger partial charge in [-0.05, 0) is 55.2 Å². The van der Waals surface area contributed by atoms with E-state index in [1.54, 1.807) is 39.9 Å². The zero-order chi connectivity index (χ0) is 26.5. The molecule has 2 aliphatic rings. The SMILES string of the molecule is CCc1cccc2sc(N3CCN(CCNC(=O)c4ccc(S(=O)(=O)N5CCCCCC5)cc4)CC3)nc12. The van der Waals surface area contributed by atoms with Gasteiger partial charge in [-0.25, -0.2) is 13.4 Å². The molecule has 8 nitrogen and oxygen atoms in total. The summed E-state index contributed by atoms with van der Waals surface area (Å²) >= 11 is 1.76. The van der Waals surface area contributed by atoms with Gasteiger partial charge in [0.1, 0.15) is 0 Å². The van der Waals surface area contributed by atoms with Crippen LogP contribution in [0.15, 0.2) is 47.4 Å². The zero-order valence-corrected chi connectivity index (χ0v) is 23.7. The molecular weight excluding hydrogens is 518 g/mol. The van der Waals surface area contributed by atoms with E-state index >= 15 is 0 Å². The minimum absolute atomic E-state index is 0.177. The quantitative estimate of drug-likeness (QED) is 0.453. The van der Waals surface area contributed by atoms with E-state index in [1.807, 2.05) is 0 Å². The second-order valence-corrected chi connectivity index (χ2v) is 13.0. The van der Waals surface area contributed by atoms with Gasteiger partial charge in [0, 0.05) is 57.9 Å². The highest BCUT2D eigenvalue weighted by Crippen LogP contribution is 2.31. The second kappa shape index (κ2) is 12.1. The van der Waals surface area contributed by atoms with Crippen molar-refractivity contribution in [3.8, 4) is 0 Å². The van der Waals surface area contributed by atoms with Crippen molar-refractivity contribution < 1.29 is 13.2 Å². The Morgan fingerprint density at radius 3 is 2.34 bits per heavy atom. The van der Waals surface area contributed by atoms with Crippen LogP contribution in [0.5, 0.6) is 0 Å². The molecule has 2 saturated heterocycles. The summed E-state index contributed by atoms with van der Waals surface area (Å²) in [5.74, 6) is -0.177. The Bertz CT molecular complexity index is 1340. The number of hydrogen-bond donors (Lipinski definition) is 1. The molecule has 3 aromatic rings.